The van der Waals surface area contributed by atoms with Crippen LogP contribution in [0.15, 0.2) is 27.2 Å². The molecule has 2 aliphatic rings. The maximum atomic E-state index is 13.2. The van der Waals surface area contributed by atoms with Gasteiger partial charge in [0, 0.05) is 40.8 Å². The predicted molar refractivity (Wildman–Crippen MR) is 122 cm³/mol. The van der Waals surface area contributed by atoms with Crippen LogP contribution in [0.2, 0.25) is 0 Å². The molecule has 4 heterocycles. The van der Waals surface area contributed by atoms with Crippen molar-refractivity contribution >= 4 is 21.4 Å². The molecule has 2 aliphatic heterocycles. The molecule has 0 aliphatic carbocycles. The van der Waals surface area contributed by atoms with Crippen molar-refractivity contribution in [3.05, 3.63) is 39.8 Å². The number of nitrogens with zero attached hydrogens (tertiary/aromatic N) is 2. The maximum Gasteiger partial charge on any atom is 0.252 e. The van der Waals surface area contributed by atoms with E-state index in [9.17, 15) is 13.2 Å². The van der Waals surface area contributed by atoms with Crippen molar-refractivity contribution in [1.29, 1.82) is 0 Å². The molecular weight excluding hydrogens is 418 g/mol. The molecule has 0 aromatic carbocycles. The van der Waals surface area contributed by atoms with Crippen LogP contribution in [0, 0.1) is 6.92 Å². The molecule has 0 saturated carbocycles. The number of pyridine rings is 1. The lowest BCUT2D eigenvalue weighted by Crippen LogP contribution is -2.48. The Morgan fingerprint density at radius 2 is 1.80 bits per heavy atom. The number of hydrogen-bond acceptors (Lipinski definition) is 5. The first-order chi connectivity index (χ1) is 14.4. The second kappa shape index (κ2) is 8.94. The summed E-state index contributed by atoms with van der Waals surface area (Å²) >= 11 is 1.29. The van der Waals surface area contributed by atoms with E-state index in [1.165, 1.54) is 30.6 Å². The molecule has 0 spiro atoms. The number of aryl methyl sites for hydroxylation is 2. The van der Waals surface area contributed by atoms with Gasteiger partial charge in [0.2, 0.25) is 0 Å². The number of nitrogens with one attached hydrogen (secondary N) is 1. The van der Waals surface area contributed by atoms with Crippen molar-refractivity contribution in [3.63, 3.8) is 0 Å². The van der Waals surface area contributed by atoms with Crippen LogP contribution in [0.4, 0.5) is 0 Å². The lowest BCUT2D eigenvalue weighted by Gasteiger charge is -2.39. The lowest BCUT2D eigenvalue weighted by molar-refractivity contribution is 0.118. The molecule has 4 rings (SSSR count). The second-order valence-electron chi connectivity index (χ2n) is 8.37. The number of likely N-dealkylation sites (tertiary alicyclic amines) is 1. The first-order valence-electron chi connectivity index (χ1n) is 11.0. The van der Waals surface area contributed by atoms with Crippen LogP contribution in [0.25, 0.3) is 10.4 Å². The highest BCUT2D eigenvalue weighted by Gasteiger charge is 2.33. The quantitative estimate of drug-likeness (QED) is 0.757. The molecule has 8 heteroatoms. The summed E-state index contributed by atoms with van der Waals surface area (Å²) in [6, 6.07) is 5.98. The Morgan fingerprint density at radius 3 is 2.47 bits per heavy atom. The standard InChI is InChI=1S/C22H31N3O3S2/c1-3-17-15-19(16(2)23-22(17)26)20-7-8-21(29-20)30(27,28)25-13-9-18(10-14-25)24-11-5-4-6-12-24/h7-8,15,18H,3-6,9-14H2,1-2H3,(H,23,26). The van der Waals surface area contributed by atoms with Crippen LogP contribution in [-0.2, 0) is 16.4 Å². The summed E-state index contributed by atoms with van der Waals surface area (Å²) in [4.78, 5) is 18.3. The van der Waals surface area contributed by atoms with Crippen molar-refractivity contribution < 1.29 is 8.42 Å². The zero-order chi connectivity index (χ0) is 21.3. The number of H-pyrrole nitrogens is 1. The van der Waals surface area contributed by atoms with Crippen LogP contribution >= 0.6 is 11.3 Å². The van der Waals surface area contributed by atoms with Gasteiger partial charge in [0.25, 0.3) is 15.6 Å². The fourth-order valence-corrected chi connectivity index (χ4v) is 7.65. The van der Waals surface area contributed by atoms with E-state index in [4.69, 9.17) is 0 Å². The molecule has 2 saturated heterocycles. The number of piperidine rings is 2. The van der Waals surface area contributed by atoms with Crippen molar-refractivity contribution in [2.24, 2.45) is 0 Å². The number of aromatic nitrogens is 1. The summed E-state index contributed by atoms with van der Waals surface area (Å²) < 4.78 is 28.5. The second-order valence-corrected chi connectivity index (χ2v) is 11.6. The normalized spacial score (nSPS) is 19.9. The minimum atomic E-state index is -3.48. The molecule has 0 unspecified atom stereocenters. The van der Waals surface area contributed by atoms with Gasteiger partial charge < -0.3 is 9.88 Å². The van der Waals surface area contributed by atoms with Gasteiger partial charge in [-0.05, 0) is 70.3 Å². The summed E-state index contributed by atoms with van der Waals surface area (Å²) in [5, 5.41) is 0. The molecule has 0 bridgehead atoms. The predicted octanol–water partition coefficient (Wildman–Crippen LogP) is 3.61. The summed E-state index contributed by atoms with van der Waals surface area (Å²) in [7, 11) is -3.48. The molecule has 2 fully saturated rings. The van der Waals surface area contributed by atoms with Crippen LogP contribution < -0.4 is 5.56 Å². The Balaban J connectivity index is 1.50. The average molecular weight is 450 g/mol. The fraction of sp³-hybridized carbons (Fsp3) is 0.591. The van der Waals surface area contributed by atoms with Gasteiger partial charge in [-0.2, -0.15) is 4.31 Å². The highest BCUT2D eigenvalue weighted by atomic mass is 32.2. The molecule has 6 nitrogen and oxygen atoms in total. The Labute approximate surface area is 183 Å². The van der Waals surface area contributed by atoms with Gasteiger partial charge >= 0.3 is 0 Å². The molecule has 0 atom stereocenters. The van der Waals surface area contributed by atoms with E-state index in [-0.39, 0.29) is 5.56 Å². The number of hydrogen-bond donors (Lipinski definition) is 1. The number of rotatable bonds is 5. The SMILES string of the molecule is CCc1cc(-c2ccc(S(=O)(=O)N3CCC(N4CCCCC4)CC3)s2)c(C)[nH]c1=O. The first-order valence-corrected chi connectivity index (χ1v) is 13.2. The molecule has 164 valence electrons. The highest BCUT2D eigenvalue weighted by Crippen LogP contribution is 2.34. The number of sulfonamides is 1. The zero-order valence-corrected chi connectivity index (χ0v) is 19.4. The third kappa shape index (κ3) is 4.28. The smallest absolute Gasteiger partial charge is 0.252 e. The van der Waals surface area contributed by atoms with E-state index < -0.39 is 10.0 Å². The topological polar surface area (TPSA) is 73.5 Å². The summed E-state index contributed by atoms with van der Waals surface area (Å²) in [6.07, 6.45) is 6.32. The summed E-state index contributed by atoms with van der Waals surface area (Å²) in [5.74, 6) is 0. The Kier molecular flexibility index (Phi) is 6.48. The average Bonchev–Trinajstić information content (AvgIpc) is 3.25. The molecule has 0 radical (unpaired) electrons. The minimum absolute atomic E-state index is 0.0697. The third-order valence-electron chi connectivity index (χ3n) is 6.47. The van der Waals surface area contributed by atoms with E-state index >= 15 is 0 Å². The van der Waals surface area contributed by atoms with Crippen LogP contribution in [0.1, 0.15) is 50.3 Å². The van der Waals surface area contributed by atoms with Crippen LogP contribution in [0.3, 0.4) is 0 Å². The first kappa shape index (κ1) is 21.7. The fourth-order valence-electron chi connectivity index (χ4n) is 4.65. The van der Waals surface area contributed by atoms with Gasteiger partial charge in [-0.15, -0.1) is 11.3 Å². The summed E-state index contributed by atoms with van der Waals surface area (Å²) in [6.45, 7) is 7.30. The number of aromatic amines is 1. The van der Waals surface area contributed by atoms with Crippen LogP contribution in [0.5, 0.6) is 0 Å². The van der Waals surface area contributed by atoms with Crippen molar-refractivity contribution in [3.8, 4) is 10.4 Å². The van der Waals surface area contributed by atoms with Crippen molar-refractivity contribution in [1.82, 2.24) is 14.2 Å². The van der Waals surface area contributed by atoms with E-state index in [0.29, 0.717) is 35.3 Å². The van der Waals surface area contributed by atoms with E-state index in [0.717, 1.165) is 42.1 Å². The zero-order valence-electron chi connectivity index (χ0n) is 17.8. The molecule has 30 heavy (non-hydrogen) atoms. The molecule has 1 N–H and O–H groups in total. The monoisotopic (exact) mass is 449 g/mol. The highest BCUT2D eigenvalue weighted by molar-refractivity contribution is 7.91. The van der Waals surface area contributed by atoms with Crippen molar-refractivity contribution in [2.45, 2.75) is 62.6 Å². The van der Waals surface area contributed by atoms with Gasteiger partial charge in [-0.3, -0.25) is 4.79 Å². The molecule has 0 amide bonds. The van der Waals surface area contributed by atoms with Crippen LogP contribution in [-0.4, -0.2) is 54.8 Å². The van der Waals surface area contributed by atoms with E-state index in [1.54, 1.807) is 10.4 Å². The van der Waals surface area contributed by atoms with Gasteiger partial charge in [-0.1, -0.05) is 13.3 Å². The molecule has 2 aromatic heterocycles. The van der Waals surface area contributed by atoms with E-state index in [1.807, 2.05) is 26.0 Å². The molecule has 2 aromatic rings. The van der Waals surface area contributed by atoms with Gasteiger partial charge in [0.05, 0.1) is 0 Å². The Morgan fingerprint density at radius 1 is 1.10 bits per heavy atom. The lowest BCUT2D eigenvalue weighted by atomic mass is 10.0. The maximum absolute atomic E-state index is 13.2. The minimum Gasteiger partial charge on any atom is -0.326 e. The van der Waals surface area contributed by atoms with Gasteiger partial charge in [-0.25, -0.2) is 8.42 Å². The van der Waals surface area contributed by atoms with E-state index in [2.05, 4.69) is 9.88 Å². The summed E-state index contributed by atoms with van der Waals surface area (Å²) in [5.41, 5.74) is 2.32. The van der Waals surface area contributed by atoms with Gasteiger partial charge in [0.1, 0.15) is 4.21 Å². The molecular formula is C22H31N3O3S2. The largest absolute Gasteiger partial charge is 0.326 e. The van der Waals surface area contributed by atoms with Crippen molar-refractivity contribution in [2.75, 3.05) is 26.2 Å². The third-order valence-corrected chi connectivity index (χ3v) is 9.95. The Hall–Kier alpha value is -1.48. The Bertz CT molecular complexity index is 1040. The number of thiophene rings is 1. The van der Waals surface area contributed by atoms with Gasteiger partial charge in [0.15, 0.2) is 0 Å².